The molecule has 0 saturated heterocycles. The number of nitrogens with two attached hydrogens (primary N) is 2. The maximum atomic E-state index is 14.0. The van der Waals surface area contributed by atoms with Gasteiger partial charge in [0.15, 0.2) is 0 Å². The van der Waals surface area contributed by atoms with Gasteiger partial charge in [-0.15, -0.1) is 0 Å². The molecule has 6 heteroatoms. The summed E-state index contributed by atoms with van der Waals surface area (Å²) < 4.78 is 14.0. The second-order valence-corrected chi connectivity index (χ2v) is 4.87. The van der Waals surface area contributed by atoms with Crippen LogP contribution in [0.1, 0.15) is 17.3 Å². The van der Waals surface area contributed by atoms with E-state index >= 15 is 0 Å². The number of hydrogen-bond acceptors (Lipinski definition) is 3. The largest absolute Gasteiger partial charge is 0.399 e. The fourth-order valence-corrected chi connectivity index (χ4v) is 2.53. The van der Waals surface area contributed by atoms with Crippen molar-refractivity contribution in [2.45, 2.75) is 6.92 Å². The molecule has 2 aromatic carbocycles. The maximum Gasteiger partial charge on any atom is 0.250 e. The smallest absolute Gasteiger partial charge is 0.250 e. The Morgan fingerprint density at radius 3 is 2.57 bits per heavy atom. The Morgan fingerprint density at radius 1 is 1.33 bits per heavy atom. The summed E-state index contributed by atoms with van der Waals surface area (Å²) in [5.41, 5.74) is 12.2. The predicted octanol–water partition coefficient (Wildman–Crippen LogP) is 3.32. The van der Waals surface area contributed by atoms with Crippen molar-refractivity contribution in [2.75, 3.05) is 17.2 Å². The molecule has 0 unspecified atom stereocenters. The predicted molar refractivity (Wildman–Crippen MR) is 83.5 cm³/mol. The normalized spacial score (nSPS) is 10.4. The molecule has 0 bridgehead atoms. The highest BCUT2D eigenvalue weighted by Gasteiger charge is 2.21. The Morgan fingerprint density at radius 2 is 2.00 bits per heavy atom. The molecule has 2 aromatic rings. The van der Waals surface area contributed by atoms with Crippen LogP contribution in [-0.2, 0) is 0 Å². The highest BCUT2D eigenvalue weighted by Crippen LogP contribution is 2.37. The lowest BCUT2D eigenvalue weighted by atomic mass is 10.1. The number of carbonyl (C=O) groups excluding carboxylic acids is 1. The van der Waals surface area contributed by atoms with Crippen LogP contribution in [0.25, 0.3) is 0 Å². The molecule has 0 spiro atoms. The van der Waals surface area contributed by atoms with Crippen molar-refractivity contribution in [3.63, 3.8) is 0 Å². The lowest BCUT2D eigenvalue weighted by Crippen LogP contribution is -2.23. The van der Waals surface area contributed by atoms with Crippen molar-refractivity contribution in [3.8, 4) is 0 Å². The summed E-state index contributed by atoms with van der Waals surface area (Å²) in [6.07, 6.45) is 0. The molecule has 0 saturated carbocycles. The Balaban J connectivity index is 2.68. The highest BCUT2D eigenvalue weighted by molar-refractivity contribution is 6.34. The van der Waals surface area contributed by atoms with Crippen molar-refractivity contribution >= 4 is 34.6 Å². The van der Waals surface area contributed by atoms with Crippen LogP contribution in [-0.4, -0.2) is 12.5 Å². The first-order valence-electron chi connectivity index (χ1n) is 6.36. The number of carbonyl (C=O) groups is 1. The number of rotatable bonds is 4. The lowest BCUT2D eigenvalue weighted by Gasteiger charge is -2.26. The van der Waals surface area contributed by atoms with Crippen molar-refractivity contribution in [1.82, 2.24) is 0 Å². The SMILES string of the molecule is CCN(c1ccccc1F)c1c(Cl)cc(N)cc1C(N)=O. The minimum atomic E-state index is -0.672. The van der Waals surface area contributed by atoms with E-state index < -0.39 is 11.7 Å². The third-order valence-corrected chi connectivity index (χ3v) is 3.37. The first-order valence-corrected chi connectivity index (χ1v) is 6.74. The van der Waals surface area contributed by atoms with Gasteiger partial charge >= 0.3 is 0 Å². The van der Waals surface area contributed by atoms with Crippen molar-refractivity contribution in [3.05, 3.63) is 52.8 Å². The van der Waals surface area contributed by atoms with E-state index in [1.165, 1.54) is 18.2 Å². The van der Waals surface area contributed by atoms with E-state index in [1.54, 1.807) is 23.1 Å². The quantitative estimate of drug-likeness (QED) is 0.851. The maximum absolute atomic E-state index is 14.0. The Labute approximate surface area is 127 Å². The van der Waals surface area contributed by atoms with E-state index in [-0.39, 0.29) is 10.6 Å². The monoisotopic (exact) mass is 307 g/mol. The van der Waals surface area contributed by atoms with Crippen LogP contribution in [0.3, 0.4) is 0 Å². The molecular weight excluding hydrogens is 293 g/mol. The fourth-order valence-electron chi connectivity index (χ4n) is 2.20. The van der Waals surface area contributed by atoms with E-state index in [0.29, 0.717) is 23.6 Å². The van der Waals surface area contributed by atoms with Gasteiger partial charge in [-0.1, -0.05) is 23.7 Å². The van der Waals surface area contributed by atoms with Gasteiger partial charge in [-0.2, -0.15) is 0 Å². The Hall–Kier alpha value is -2.27. The summed E-state index contributed by atoms with van der Waals surface area (Å²) in [4.78, 5) is 13.2. The molecule has 2 rings (SSSR count). The van der Waals surface area contributed by atoms with Crippen molar-refractivity contribution < 1.29 is 9.18 Å². The molecule has 1 amide bonds. The number of nitrogen functional groups attached to an aromatic ring is 1. The molecular formula is C15H15ClFN3O. The van der Waals surface area contributed by atoms with Crippen LogP contribution in [0.2, 0.25) is 5.02 Å². The molecule has 4 N–H and O–H groups in total. The molecule has 0 heterocycles. The number of para-hydroxylation sites is 1. The van der Waals surface area contributed by atoms with Crippen LogP contribution < -0.4 is 16.4 Å². The van der Waals surface area contributed by atoms with Crippen LogP contribution in [0.5, 0.6) is 0 Å². The van der Waals surface area contributed by atoms with Gasteiger partial charge in [-0.3, -0.25) is 4.79 Å². The molecule has 0 aliphatic heterocycles. The third-order valence-electron chi connectivity index (χ3n) is 3.08. The summed E-state index contributed by atoms with van der Waals surface area (Å²) in [5.74, 6) is -1.09. The van der Waals surface area contributed by atoms with Gasteiger partial charge in [0.1, 0.15) is 5.82 Å². The Bertz CT molecular complexity index is 691. The van der Waals surface area contributed by atoms with Gasteiger partial charge in [0.05, 0.1) is 22.0 Å². The second kappa shape index (κ2) is 6.01. The molecule has 110 valence electrons. The van der Waals surface area contributed by atoms with Crippen LogP contribution >= 0.6 is 11.6 Å². The third kappa shape index (κ3) is 2.92. The van der Waals surface area contributed by atoms with E-state index in [9.17, 15) is 9.18 Å². The van der Waals surface area contributed by atoms with E-state index in [2.05, 4.69) is 0 Å². The van der Waals surface area contributed by atoms with Gasteiger partial charge in [-0.05, 0) is 31.2 Å². The van der Waals surface area contributed by atoms with E-state index in [4.69, 9.17) is 23.1 Å². The Kier molecular flexibility index (Phi) is 4.33. The molecule has 0 atom stereocenters. The van der Waals surface area contributed by atoms with E-state index in [1.807, 2.05) is 6.92 Å². The molecule has 4 nitrogen and oxygen atoms in total. The van der Waals surface area contributed by atoms with Gasteiger partial charge in [-0.25, -0.2) is 4.39 Å². The van der Waals surface area contributed by atoms with Crippen LogP contribution in [0, 0.1) is 5.82 Å². The van der Waals surface area contributed by atoms with Gasteiger partial charge in [0, 0.05) is 12.2 Å². The van der Waals surface area contributed by atoms with Crippen LogP contribution in [0.4, 0.5) is 21.5 Å². The summed E-state index contributed by atoms with van der Waals surface area (Å²) >= 11 is 6.20. The number of hydrogen-bond donors (Lipinski definition) is 2. The summed E-state index contributed by atoms with van der Waals surface area (Å²) in [5, 5.41) is 0.244. The average molecular weight is 308 g/mol. The average Bonchev–Trinajstić information content (AvgIpc) is 2.42. The lowest BCUT2D eigenvalue weighted by molar-refractivity contribution is 0.100. The number of halogens is 2. The number of primary amides is 1. The first-order chi connectivity index (χ1) is 9.95. The van der Waals surface area contributed by atoms with Crippen LogP contribution in [0.15, 0.2) is 36.4 Å². The zero-order chi connectivity index (χ0) is 15.6. The summed E-state index contributed by atoms with van der Waals surface area (Å²) in [6.45, 7) is 2.23. The molecule has 0 aliphatic rings. The van der Waals surface area contributed by atoms with E-state index in [0.717, 1.165) is 0 Å². The number of anilines is 3. The van der Waals surface area contributed by atoms with Gasteiger partial charge < -0.3 is 16.4 Å². The minimum Gasteiger partial charge on any atom is -0.399 e. The zero-order valence-corrected chi connectivity index (χ0v) is 12.2. The molecule has 0 radical (unpaired) electrons. The van der Waals surface area contributed by atoms with Gasteiger partial charge in [0.2, 0.25) is 0 Å². The van der Waals surface area contributed by atoms with Gasteiger partial charge in [0.25, 0.3) is 5.91 Å². The number of amides is 1. The summed E-state index contributed by atoms with van der Waals surface area (Å²) in [7, 11) is 0. The highest BCUT2D eigenvalue weighted by atomic mass is 35.5. The fraction of sp³-hybridized carbons (Fsp3) is 0.133. The second-order valence-electron chi connectivity index (χ2n) is 4.46. The number of benzene rings is 2. The molecule has 0 aromatic heterocycles. The zero-order valence-electron chi connectivity index (χ0n) is 11.4. The molecule has 21 heavy (non-hydrogen) atoms. The standard InChI is InChI=1S/C15H15ClFN3O/c1-2-20(13-6-4-3-5-12(13)17)14-10(15(19)21)7-9(18)8-11(14)16/h3-8H,2,18H2,1H3,(H2,19,21). The molecule has 0 fully saturated rings. The van der Waals surface area contributed by atoms with Crippen molar-refractivity contribution in [1.29, 1.82) is 0 Å². The first kappa shape index (κ1) is 15.1. The summed E-state index contributed by atoms with van der Waals surface area (Å²) in [6, 6.07) is 9.19. The molecule has 0 aliphatic carbocycles. The number of nitrogens with zero attached hydrogens (tertiary/aromatic N) is 1. The topological polar surface area (TPSA) is 72.3 Å². The minimum absolute atomic E-state index is 0.158. The van der Waals surface area contributed by atoms with Crippen molar-refractivity contribution in [2.24, 2.45) is 5.73 Å².